The van der Waals surface area contributed by atoms with Gasteiger partial charge in [-0.2, -0.15) is 0 Å². The first-order chi connectivity index (χ1) is 12.4. The Morgan fingerprint density at radius 2 is 1.88 bits per heavy atom. The fourth-order valence-electron chi connectivity index (χ4n) is 2.91. The van der Waals surface area contributed by atoms with Crippen LogP contribution in [0.5, 0.6) is 0 Å². The van der Waals surface area contributed by atoms with Gasteiger partial charge in [-0.15, -0.1) is 11.3 Å². The first-order valence-electron chi connectivity index (χ1n) is 7.79. The minimum Gasteiger partial charge on any atom is -0.258 e. The molecule has 9 heteroatoms. The number of non-ortho nitro benzene ring substituents is 1. The molecule has 1 aliphatic rings. The van der Waals surface area contributed by atoms with Crippen LogP contribution < -0.4 is 4.72 Å². The lowest BCUT2D eigenvalue weighted by Gasteiger charge is -2.14. The zero-order valence-corrected chi connectivity index (χ0v) is 15.0. The normalized spacial score (nSPS) is 12.9. The number of nitro benzene ring substituents is 1. The number of nitrogens with one attached hydrogen (secondary N) is 1. The van der Waals surface area contributed by atoms with Crippen molar-refractivity contribution < 1.29 is 13.3 Å². The van der Waals surface area contributed by atoms with Gasteiger partial charge >= 0.3 is 0 Å². The third-order valence-electron chi connectivity index (χ3n) is 4.15. The highest BCUT2D eigenvalue weighted by Gasteiger charge is 2.25. The molecule has 0 bridgehead atoms. The van der Waals surface area contributed by atoms with Gasteiger partial charge in [-0.1, -0.05) is 24.3 Å². The second-order valence-corrected chi connectivity index (χ2v) is 8.57. The van der Waals surface area contributed by atoms with Crippen LogP contribution in [0.2, 0.25) is 0 Å². The molecule has 0 saturated carbocycles. The molecular formula is C17H13N3O4S2. The van der Waals surface area contributed by atoms with Crippen molar-refractivity contribution in [3.05, 3.63) is 69.1 Å². The Balaban J connectivity index is 1.72. The number of nitro groups is 1. The maximum Gasteiger partial charge on any atom is 0.270 e. The number of aryl methyl sites for hydroxylation is 2. The molecule has 1 aliphatic carbocycles. The lowest BCUT2D eigenvalue weighted by atomic mass is 9.93. The number of nitrogens with zero attached hydrogens (tertiary/aromatic N) is 2. The van der Waals surface area contributed by atoms with E-state index in [0.717, 1.165) is 23.3 Å². The summed E-state index contributed by atoms with van der Waals surface area (Å²) < 4.78 is 27.4. The largest absolute Gasteiger partial charge is 0.270 e. The fraction of sp³-hybridized carbons (Fsp3) is 0.118. The molecule has 4 rings (SSSR count). The minimum absolute atomic E-state index is 0.00369. The molecule has 0 amide bonds. The van der Waals surface area contributed by atoms with Crippen LogP contribution in [-0.2, 0) is 22.9 Å². The quantitative estimate of drug-likeness (QED) is 0.544. The number of fused-ring (bicyclic) bond motifs is 3. The summed E-state index contributed by atoms with van der Waals surface area (Å²) in [7, 11) is -3.72. The molecule has 1 heterocycles. The highest BCUT2D eigenvalue weighted by atomic mass is 32.2. The molecule has 0 atom stereocenters. The lowest BCUT2D eigenvalue weighted by molar-refractivity contribution is -0.384. The number of aromatic nitrogens is 1. The van der Waals surface area contributed by atoms with Crippen molar-refractivity contribution in [2.75, 3.05) is 4.72 Å². The molecule has 0 spiro atoms. The van der Waals surface area contributed by atoms with E-state index in [2.05, 4.69) is 9.71 Å². The highest BCUT2D eigenvalue weighted by Crippen LogP contribution is 2.40. The van der Waals surface area contributed by atoms with Gasteiger partial charge in [0.05, 0.1) is 15.5 Å². The van der Waals surface area contributed by atoms with Crippen molar-refractivity contribution in [1.29, 1.82) is 0 Å². The number of sulfonamides is 1. The van der Waals surface area contributed by atoms with E-state index in [1.165, 1.54) is 35.6 Å². The van der Waals surface area contributed by atoms with Gasteiger partial charge in [0, 0.05) is 22.6 Å². The van der Waals surface area contributed by atoms with Crippen molar-refractivity contribution in [2.24, 2.45) is 0 Å². The van der Waals surface area contributed by atoms with E-state index < -0.39 is 14.9 Å². The van der Waals surface area contributed by atoms with Crippen LogP contribution in [0.25, 0.3) is 11.3 Å². The Bertz CT molecular complexity index is 1110. The Morgan fingerprint density at radius 1 is 1.12 bits per heavy atom. The third-order valence-corrected chi connectivity index (χ3v) is 6.67. The summed E-state index contributed by atoms with van der Waals surface area (Å²) >= 11 is 1.26. The number of benzene rings is 2. The van der Waals surface area contributed by atoms with Crippen LogP contribution >= 0.6 is 11.3 Å². The standard InChI is InChI=1S/C17H13N3O4S2/c21-20(22)12-8-6-11-7-9-15-16(14(11)10-12)18-17(25-15)19-26(23,24)13-4-2-1-3-5-13/h1-6,8,10H,7,9H2,(H,18,19). The van der Waals surface area contributed by atoms with Gasteiger partial charge in [-0.3, -0.25) is 14.8 Å². The molecule has 1 aromatic heterocycles. The average Bonchev–Trinajstić information content (AvgIpc) is 3.04. The summed E-state index contributed by atoms with van der Waals surface area (Å²) in [5.41, 5.74) is 2.29. The van der Waals surface area contributed by atoms with Gasteiger partial charge in [-0.05, 0) is 30.5 Å². The molecule has 0 saturated heterocycles. The SMILES string of the molecule is O=[N+]([O-])c1ccc2c(c1)-c1nc(NS(=O)(=O)c3ccccc3)sc1CC2. The second-order valence-electron chi connectivity index (χ2n) is 5.81. The van der Waals surface area contributed by atoms with E-state index in [-0.39, 0.29) is 15.7 Å². The number of hydrogen-bond donors (Lipinski definition) is 1. The highest BCUT2D eigenvalue weighted by molar-refractivity contribution is 7.93. The Hall–Kier alpha value is -2.78. The first-order valence-corrected chi connectivity index (χ1v) is 10.1. The van der Waals surface area contributed by atoms with Gasteiger partial charge in [0.25, 0.3) is 15.7 Å². The van der Waals surface area contributed by atoms with Crippen molar-refractivity contribution in [3.8, 4) is 11.3 Å². The summed E-state index contributed by atoms with van der Waals surface area (Å²) in [5.74, 6) is 0. The average molecular weight is 387 g/mol. The van der Waals surface area contributed by atoms with Crippen LogP contribution in [-0.4, -0.2) is 18.3 Å². The van der Waals surface area contributed by atoms with Gasteiger partial charge in [0.2, 0.25) is 0 Å². The fourth-order valence-corrected chi connectivity index (χ4v) is 5.14. The van der Waals surface area contributed by atoms with E-state index >= 15 is 0 Å². The minimum atomic E-state index is -3.72. The Labute approximate surface area is 153 Å². The summed E-state index contributed by atoms with van der Waals surface area (Å²) in [6.07, 6.45) is 1.47. The molecule has 7 nitrogen and oxygen atoms in total. The van der Waals surface area contributed by atoms with Crippen molar-refractivity contribution in [2.45, 2.75) is 17.7 Å². The monoisotopic (exact) mass is 387 g/mol. The molecule has 132 valence electrons. The predicted molar refractivity (Wildman–Crippen MR) is 98.9 cm³/mol. The third kappa shape index (κ3) is 2.95. The van der Waals surface area contributed by atoms with Gasteiger partial charge in [0.1, 0.15) is 0 Å². The molecule has 2 aromatic carbocycles. The molecule has 3 aromatic rings. The van der Waals surface area contributed by atoms with Gasteiger partial charge < -0.3 is 0 Å². The maximum atomic E-state index is 12.5. The van der Waals surface area contributed by atoms with Gasteiger partial charge in [0.15, 0.2) is 5.13 Å². The van der Waals surface area contributed by atoms with Crippen LogP contribution in [0, 0.1) is 10.1 Å². The zero-order chi connectivity index (χ0) is 18.3. The van der Waals surface area contributed by atoms with E-state index in [1.807, 2.05) is 0 Å². The van der Waals surface area contributed by atoms with Gasteiger partial charge in [-0.25, -0.2) is 13.4 Å². The molecule has 1 N–H and O–H groups in total. The van der Waals surface area contributed by atoms with E-state index in [1.54, 1.807) is 24.3 Å². The molecule has 0 unspecified atom stereocenters. The number of hydrogen-bond acceptors (Lipinski definition) is 6. The number of thiazole rings is 1. The lowest BCUT2D eigenvalue weighted by Crippen LogP contribution is -2.12. The topological polar surface area (TPSA) is 102 Å². The van der Waals surface area contributed by atoms with Crippen molar-refractivity contribution >= 4 is 32.2 Å². The molecule has 0 aliphatic heterocycles. The summed E-state index contributed by atoms with van der Waals surface area (Å²) in [5, 5.41) is 11.3. The van der Waals surface area contributed by atoms with Crippen LogP contribution in [0.15, 0.2) is 53.4 Å². The summed E-state index contributed by atoms with van der Waals surface area (Å²) in [6, 6.07) is 12.8. The predicted octanol–water partition coefficient (Wildman–Crippen LogP) is 3.62. The Morgan fingerprint density at radius 3 is 2.62 bits per heavy atom. The van der Waals surface area contributed by atoms with E-state index in [4.69, 9.17) is 0 Å². The zero-order valence-electron chi connectivity index (χ0n) is 13.4. The molecular weight excluding hydrogens is 374 g/mol. The number of anilines is 1. The second kappa shape index (κ2) is 6.19. The molecule has 26 heavy (non-hydrogen) atoms. The number of rotatable bonds is 4. The van der Waals surface area contributed by atoms with E-state index in [0.29, 0.717) is 11.3 Å². The Kier molecular flexibility index (Phi) is 3.97. The molecule has 0 fully saturated rings. The van der Waals surface area contributed by atoms with E-state index in [9.17, 15) is 18.5 Å². The smallest absolute Gasteiger partial charge is 0.258 e. The van der Waals surface area contributed by atoms with Crippen molar-refractivity contribution in [1.82, 2.24) is 4.98 Å². The maximum absolute atomic E-state index is 12.5. The van der Waals surface area contributed by atoms with Crippen molar-refractivity contribution in [3.63, 3.8) is 0 Å². The summed E-state index contributed by atoms with van der Waals surface area (Å²) in [6.45, 7) is 0. The van der Waals surface area contributed by atoms with Crippen LogP contribution in [0.1, 0.15) is 10.4 Å². The van der Waals surface area contributed by atoms with Crippen LogP contribution in [0.4, 0.5) is 10.8 Å². The first kappa shape index (κ1) is 16.7. The summed E-state index contributed by atoms with van der Waals surface area (Å²) in [4.78, 5) is 16.1. The molecule has 0 radical (unpaired) electrons. The van der Waals surface area contributed by atoms with Crippen LogP contribution in [0.3, 0.4) is 0 Å².